The Labute approximate surface area is 111 Å². The van der Waals surface area contributed by atoms with Gasteiger partial charge >= 0.3 is 5.51 Å². The van der Waals surface area contributed by atoms with Crippen LogP contribution < -0.4 is 5.32 Å². The van der Waals surface area contributed by atoms with Crippen LogP contribution in [0.3, 0.4) is 0 Å². The first-order chi connectivity index (χ1) is 8.49. The average molecular weight is 282 g/mol. The van der Waals surface area contributed by atoms with Crippen LogP contribution in [0.1, 0.15) is 26.2 Å². The zero-order chi connectivity index (χ0) is 13.2. The monoisotopic (exact) mass is 282 g/mol. The molecule has 1 aliphatic carbocycles. The first-order valence-electron chi connectivity index (χ1n) is 6.67. The van der Waals surface area contributed by atoms with Crippen molar-refractivity contribution in [2.45, 2.75) is 43.8 Å². The highest BCUT2D eigenvalue weighted by atomic mass is 32.2. The Balaban J connectivity index is 1.78. The topological polar surface area (TPSA) is 15.3 Å². The molecule has 0 aromatic heterocycles. The summed E-state index contributed by atoms with van der Waals surface area (Å²) < 4.78 is 36.4. The standard InChI is InChI=1S/C12H21F3N2S/c1-2-10-7-16-11(9-3-4-9)8-17(10)5-6-18-12(13,14)15/h9-11,16H,2-8H2,1H3. The fraction of sp³-hybridized carbons (Fsp3) is 1.00. The van der Waals surface area contributed by atoms with Crippen molar-refractivity contribution < 1.29 is 13.2 Å². The molecular weight excluding hydrogens is 261 g/mol. The Kier molecular flexibility index (Phi) is 4.83. The number of thioether (sulfide) groups is 1. The van der Waals surface area contributed by atoms with E-state index in [1.54, 1.807) is 0 Å². The molecule has 2 fully saturated rings. The minimum atomic E-state index is -4.09. The molecule has 1 N–H and O–H groups in total. The van der Waals surface area contributed by atoms with Gasteiger partial charge in [-0.25, -0.2) is 0 Å². The van der Waals surface area contributed by atoms with Gasteiger partial charge in [0.15, 0.2) is 0 Å². The van der Waals surface area contributed by atoms with Crippen molar-refractivity contribution in [1.29, 1.82) is 0 Å². The van der Waals surface area contributed by atoms with E-state index in [0.717, 1.165) is 25.4 Å². The second-order valence-corrected chi connectivity index (χ2v) is 6.36. The van der Waals surface area contributed by atoms with Gasteiger partial charge in [-0.15, -0.1) is 0 Å². The van der Waals surface area contributed by atoms with Crippen LogP contribution in [0.2, 0.25) is 0 Å². The van der Waals surface area contributed by atoms with Crippen molar-refractivity contribution in [2.75, 3.05) is 25.4 Å². The zero-order valence-electron chi connectivity index (χ0n) is 10.7. The van der Waals surface area contributed by atoms with Gasteiger partial charge in [-0.3, -0.25) is 4.90 Å². The van der Waals surface area contributed by atoms with Gasteiger partial charge in [-0.1, -0.05) is 6.92 Å². The average Bonchev–Trinajstić information content (AvgIpc) is 3.11. The lowest BCUT2D eigenvalue weighted by Gasteiger charge is -2.40. The highest BCUT2D eigenvalue weighted by Gasteiger charge is 2.37. The third-order valence-electron chi connectivity index (χ3n) is 3.87. The van der Waals surface area contributed by atoms with Crippen molar-refractivity contribution in [1.82, 2.24) is 10.2 Å². The lowest BCUT2D eigenvalue weighted by molar-refractivity contribution is -0.0329. The molecule has 1 saturated heterocycles. The van der Waals surface area contributed by atoms with Crippen molar-refractivity contribution in [3.63, 3.8) is 0 Å². The van der Waals surface area contributed by atoms with E-state index in [4.69, 9.17) is 0 Å². The molecule has 0 spiro atoms. The maximum Gasteiger partial charge on any atom is 0.441 e. The van der Waals surface area contributed by atoms with Gasteiger partial charge in [0.1, 0.15) is 0 Å². The van der Waals surface area contributed by atoms with Crippen molar-refractivity contribution in [3.05, 3.63) is 0 Å². The predicted octanol–water partition coefficient (Wildman–Crippen LogP) is 2.70. The highest BCUT2D eigenvalue weighted by molar-refractivity contribution is 8.00. The molecular formula is C12H21F3N2S. The lowest BCUT2D eigenvalue weighted by atomic mass is 10.0. The number of nitrogens with one attached hydrogen (secondary N) is 1. The van der Waals surface area contributed by atoms with Crippen LogP contribution in [0.25, 0.3) is 0 Å². The van der Waals surface area contributed by atoms with Gasteiger partial charge in [0.25, 0.3) is 0 Å². The van der Waals surface area contributed by atoms with Gasteiger partial charge in [0, 0.05) is 37.5 Å². The molecule has 1 saturated carbocycles. The largest absolute Gasteiger partial charge is 0.441 e. The molecule has 0 radical (unpaired) electrons. The third-order valence-corrected chi connectivity index (χ3v) is 4.58. The molecule has 2 unspecified atom stereocenters. The quantitative estimate of drug-likeness (QED) is 0.834. The molecule has 0 aromatic rings. The van der Waals surface area contributed by atoms with Crippen molar-refractivity contribution in [2.24, 2.45) is 5.92 Å². The first kappa shape index (κ1) is 14.5. The van der Waals surface area contributed by atoms with Crippen LogP contribution in [0, 0.1) is 5.92 Å². The summed E-state index contributed by atoms with van der Waals surface area (Å²) in [5, 5.41) is 3.55. The molecule has 1 aliphatic heterocycles. The molecule has 1 heterocycles. The maximum atomic E-state index is 12.1. The van der Waals surface area contributed by atoms with Crippen LogP contribution in [0.4, 0.5) is 13.2 Å². The van der Waals surface area contributed by atoms with Crippen LogP contribution in [-0.2, 0) is 0 Å². The van der Waals surface area contributed by atoms with Crippen LogP contribution in [0.15, 0.2) is 0 Å². The maximum absolute atomic E-state index is 12.1. The van der Waals surface area contributed by atoms with E-state index < -0.39 is 5.51 Å². The van der Waals surface area contributed by atoms with Crippen LogP contribution >= 0.6 is 11.8 Å². The molecule has 2 nitrogen and oxygen atoms in total. The summed E-state index contributed by atoms with van der Waals surface area (Å²) in [7, 11) is 0. The van der Waals surface area contributed by atoms with Gasteiger partial charge in [0.05, 0.1) is 0 Å². The molecule has 18 heavy (non-hydrogen) atoms. The summed E-state index contributed by atoms with van der Waals surface area (Å²) in [6, 6.07) is 0.900. The fourth-order valence-corrected chi connectivity index (χ4v) is 3.21. The molecule has 0 amide bonds. The molecule has 0 bridgehead atoms. The number of halogens is 3. The second-order valence-electron chi connectivity index (χ2n) is 5.20. The van der Waals surface area contributed by atoms with E-state index in [1.165, 1.54) is 12.8 Å². The van der Waals surface area contributed by atoms with E-state index >= 15 is 0 Å². The first-order valence-corrected chi connectivity index (χ1v) is 7.66. The van der Waals surface area contributed by atoms with Gasteiger partial charge in [-0.05, 0) is 36.9 Å². The third kappa shape index (κ3) is 4.31. The normalized spacial score (nSPS) is 30.7. The summed E-state index contributed by atoms with van der Waals surface area (Å²) in [4.78, 5) is 2.25. The van der Waals surface area contributed by atoms with Crippen molar-refractivity contribution in [3.8, 4) is 0 Å². The number of nitrogens with zero attached hydrogens (tertiary/aromatic N) is 1. The number of alkyl halides is 3. The summed E-state index contributed by atoms with van der Waals surface area (Å²) in [6.07, 6.45) is 3.56. The van der Waals surface area contributed by atoms with Gasteiger partial charge in [-0.2, -0.15) is 13.2 Å². The summed E-state index contributed by atoms with van der Waals surface area (Å²) in [5.74, 6) is 0.915. The number of hydrogen-bond acceptors (Lipinski definition) is 3. The minimum Gasteiger partial charge on any atom is -0.311 e. The van der Waals surface area contributed by atoms with E-state index in [1.807, 2.05) is 0 Å². The SMILES string of the molecule is CCC1CNC(C2CC2)CN1CCSC(F)(F)F. The predicted molar refractivity (Wildman–Crippen MR) is 68.7 cm³/mol. The van der Waals surface area contributed by atoms with Gasteiger partial charge < -0.3 is 5.32 Å². The number of hydrogen-bond donors (Lipinski definition) is 1. The Hall–Kier alpha value is 0.0600. The minimum absolute atomic E-state index is 0.103. The summed E-state index contributed by atoms with van der Waals surface area (Å²) in [6.45, 7) is 4.50. The molecule has 2 atom stereocenters. The fourth-order valence-electron chi connectivity index (χ4n) is 2.65. The highest BCUT2D eigenvalue weighted by Crippen LogP contribution is 2.35. The summed E-state index contributed by atoms with van der Waals surface area (Å²) in [5.41, 5.74) is -4.09. The number of rotatable bonds is 5. The van der Waals surface area contributed by atoms with Crippen LogP contribution in [0.5, 0.6) is 0 Å². The molecule has 0 aromatic carbocycles. The Morgan fingerprint density at radius 3 is 2.61 bits per heavy atom. The molecule has 106 valence electrons. The lowest BCUT2D eigenvalue weighted by Crippen LogP contribution is -2.57. The van der Waals surface area contributed by atoms with E-state index in [0.29, 0.717) is 18.6 Å². The molecule has 2 rings (SSSR count). The van der Waals surface area contributed by atoms with E-state index in [-0.39, 0.29) is 17.5 Å². The Morgan fingerprint density at radius 1 is 1.33 bits per heavy atom. The molecule has 6 heteroatoms. The van der Waals surface area contributed by atoms with E-state index in [9.17, 15) is 13.2 Å². The Bertz CT molecular complexity index is 269. The number of piperazine rings is 1. The smallest absolute Gasteiger partial charge is 0.311 e. The van der Waals surface area contributed by atoms with Crippen LogP contribution in [-0.4, -0.2) is 47.9 Å². The van der Waals surface area contributed by atoms with Gasteiger partial charge in [0.2, 0.25) is 0 Å². The molecule has 2 aliphatic rings. The second kappa shape index (κ2) is 6.01. The van der Waals surface area contributed by atoms with Crippen molar-refractivity contribution >= 4 is 11.8 Å². The Morgan fingerprint density at radius 2 is 2.06 bits per heavy atom. The van der Waals surface area contributed by atoms with E-state index in [2.05, 4.69) is 17.1 Å². The zero-order valence-corrected chi connectivity index (χ0v) is 11.5. The summed E-state index contributed by atoms with van der Waals surface area (Å²) >= 11 is 0.103.